The number of hydrogen-bond donors (Lipinski definition) is 1. The number of pyridine rings is 1. The van der Waals surface area contributed by atoms with Crippen LogP contribution in [0.4, 0.5) is 5.69 Å². The van der Waals surface area contributed by atoms with Crippen LogP contribution in [0, 0.1) is 0 Å². The van der Waals surface area contributed by atoms with Crippen LogP contribution in [-0.4, -0.2) is 36.8 Å². The highest BCUT2D eigenvalue weighted by atomic mass is 32.2. The first kappa shape index (κ1) is 21.0. The SMILES string of the molecule is O=S(=O)(Nc1ccccc1Cc1nc(-c2cccnc2)no1)c1ccc2c(c1)OCCCO2. The lowest BCUT2D eigenvalue weighted by atomic mass is 10.1. The normalized spacial score (nSPS) is 13.3. The molecule has 10 heteroatoms. The molecule has 0 bridgehead atoms. The van der Waals surface area contributed by atoms with Crippen LogP contribution in [0.2, 0.25) is 0 Å². The van der Waals surface area contributed by atoms with Crippen molar-refractivity contribution in [1.29, 1.82) is 0 Å². The maximum atomic E-state index is 13.1. The number of sulfonamides is 1. The molecule has 0 amide bonds. The fraction of sp³-hybridized carbons (Fsp3) is 0.174. The number of para-hydroxylation sites is 1. The van der Waals surface area contributed by atoms with Crippen LogP contribution in [-0.2, 0) is 16.4 Å². The van der Waals surface area contributed by atoms with Gasteiger partial charge in [-0.05, 0) is 35.9 Å². The maximum absolute atomic E-state index is 13.1. The van der Waals surface area contributed by atoms with Crippen molar-refractivity contribution >= 4 is 15.7 Å². The Kier molecular flexibility index (Phi) is 5.66. The van der Waals surface area contributed by atoms with Gasteiger partial charge in [-0.15, -0.1) is 0 Å². The molecule has 9 nitrogen and oxygen atoms in total. The van der Waals surface area contributed by atoms with Crippen LogP contribution < -0.4 is 14.2 Å². The lowest BCUT2D eigenvalue weighted by molar-refractivity contribution is 0.297. The molecule has 2 aromatic heterocycles. The van der Waals surface area contributed by atoms with Gasteiger partial charge in [-0.25, -0.2) is 8.42 Å². The fourth-order valence-electron chi connectivity index (χ4n) is 3.39. The van der Waals surface area contributed by atoms with Crippen molar-refractivity contribution in [1.82, 2.24) is 15.1 Å². The average Bonchev–Trinajstić information content (AvgIpc) is 3.16. The molecule has 3 heterocycles. The third-order valence-electron chi connectivity index (χ3n) is 5.02. The smallest absolute Gasteiger partial charge is 0.262 e. The molecule has 33 heavy (non-hydrogen) atoms. The van der Waals surface area contributed by atoms with Crippen molar-refractivity contribution in [3.05, 3.63) is 78.4 Å². The van der Waals surface area contributed by atoms with E-state index in [1.807, 2.05) is 12.1 Å². The third-order valence-corrected chi connectivity index (χ3v) is 6.38. The second-order valence-electron chi connectivity index (χ2n) is 7.35. The summed E-state index contributed by atoms with van der Waals surface area (Å²) in [5, 5.41) is 3.99. The topological polar surface area (TPSA) is 116 Å². The zero-order valence-corrected chi connectivity index (χ0v) is 18.3. The Hall–Kier alpha value is -3.92. The predicted octanol–water partition coefficient (Wildman–Crippen LogP) is 3.68. The van der Waals surface area contributed by atoms with E-state index in [1.54, 1.807) is 42.7 Å². The number of aromatic nitrogens is 3. The van der Waals surface area contributed by atoms with Gasteiger partial charge >= 0.3 is 0 Å². The summed E-state index contributed by atoms with van der Waals surface area (Å²) in [6, 6.07) is 15.3. The molecule has 0 aliphatic carbocycles. The molecule has 1 aliphatic heterocycles. The molecule has 2 aromatic carbocycles. The Morgan fingerprint density at radius 1 is 0.970 bits per heavy atom. The van der Waals surface area contributed by atoms with Crippen LogP contribution in [0.1, 0.15) is 17.9 Å². The monoisotopic (exact) mass is 464 g/mol. The van der Waals surface area contributed by atoms with Crippen LogP contribution in [0.25, 0.3) is 11.4 Å². The van der Waals surface area contributed by atoms with E-state index in [2.05, 4.69) is 19.8 Å². The zero-order valence-electron chi connectivity index (χ0n) is 17.5. The van der Waals surface area contributed by atoms with Crippen LogP contribution in [0.5, 0.6) is 11.5 Å². The van der Waals surface area contributed by atoms with Gasteiger partial charge in [-0.3, -0.25) is 9.71 Å². The summed E-state index contributed by atoms with van der Waals surface area (Å²) in [5.74, 6) is 1.73. The van der Waals surface area contributed by atoms with E-state index in [-0.39, 0.29) is 11.3 Å². The van der Waals surface area contributed by atoms with Gasteiger partial charge in [0.15, 0.2) is 11.5 Å². The molecular formula is C23H20N4O5S. The largest absolute Gasteiger partial charge is 0.490 e. The van der Waals surface area contributed by atoms with Crippen molar-refractivity contribution < 1.29 is 22.4 Å². The molecule has 0 saturated heterocycles. The van der Waals surface area contributed by atoms with Crippen molar-refractivity contribution in [3.8, 4) is 22.9 Å². The van der Waals surface area contributed by atoms with Gasteiger partial charge in [0, 0.05) is 30.4 Å². The fourth-order valence-corrected chi connectivity index (χ4v) is 4.51. The number of nitrogens with zero attached hydrogens (tertiary/aromatic N) is 3. The van der Waals surface area contributed by atoms with Crippen molar-refractivity contribution in [2.45, 2.75) is 17.7 Å². The predicted molar refractivity (Wildman–Crippen MR) is 120 cm³/mol. The number of anilines is 1. The Morgan fingerprint density at radius 2 is 1.82 bits per heavy atom. The van der Waals surface area contributed by atoms with Crippen LogP contribution >= 0.6 is 0 Å². The van der Waals surface area contributed by atoms with Gasteiger partial charge in [-0.2, -0.15) is 4.98 Å². The Bertz CT molecular complexity index is 1370. The van der Waals surface area contributed by atoms with E-state index >= 15 is 0 Å². The number of fused-ring (bicyclic) bond motifs is 1. The molecule has 0 radical (unpaired) electrons. The summed E-state index contributed by atoms with van der Waals surface area (Å²) >= 11 is 0. The van der Waals surface area contributed by atoms with Gasteiger partial charge in [0.2, 0.25) is 11.7 Å². The summed E-state index contributed by atoms with van der Waals surface area (Å²) in [6.45, 7) is 1.00. The second kappa shape index (κ2) is 8.91. The Labute approximate surface area is 190 Å². The third kappa shape index (κ3) is 4.65. The first-order valence-electron chi connectivity index (χ1n) is 10.3. The highest BCUT2D eigenvalue weighted by Gasteiger charge is 2.21. The molecule has 168 valence electrons. The molecule has 1 N–H and O–H groups in total. The minimum Gasteiger partial charge on any atom is -0.490 e. The lowest BCUT2D eigenvalue weighted by Crippen LogP contribution is -2.14. The van der Waals surface area contributed by atoms with Crippen LogP contribution in [0.3, 0.4) is 0 Å². The molecule has 0 fully saturated rings. The van der Waals surface area contributed by atoms with Gasteiger partial charge in [0.25, 0.3) is 10.0 Å². The highest BCUT2D eigenvalue weighted by molar-refractivity contribution is 7.92. The highest BCUT2D eigenvalue weighted by Crippen LogP contribution is 2.33. The number of benzene rings is 2. The summed E-state index contributed by atoms with van der Waals surface area (Å²) < 4.78 is 45.4. The van der Waals surface area contributed by atoms with E-state index in [9.17, 15) is 8.42 Å². The molecule has 1 aliphatic rings. The summed E-state index contributed by atoms with van der Waals surface area (Å²) in [5.41, 5.74) is 1.85. The van der Waals surface area contributed by atoms with Gasteiger partial charge < -0.3 is 14.0 Å². The van der Waals surface area contributed by atoms with E-state index in [4.69, 9.17) is 14.0 Å². The van der Waals surface area contributed by atoms with E-state index in [1.165, 1.54) is 12.1 Å². The number of ether oxygens (including phenoxy) is 2. The van der Waals surface area contributed by atoms with Gasteiger partial charge in [0.1, 0.15) is 0 Å². The summed E-state index contributed by atoms with van der Waals surface area (Å²) in [7, 11) is -3.87. The summed E-state index contributed by atoms with van der Waals surface area (Å²) in [4.78, 5) is 8.54. The van der Waals surface area contributed by atoms with Crippen LogP contribution in [0.15, 0.2) is 76.4 Å². The number of nitrogens with one attached hydrogen (secondary N) is 1. The molecular weight excluding hydrogens is 444 g/mol. The number of rotatable bonds is 6. The molecule has 0 unspecified atom stereocenters. The van der Waals surface area contributed by atoms with E-state index in [0.29, 0.717) is 47.7 Å². The van der Waals surface area contributed by atoms with E-state index < -0.39 is 10.0 Å². The molecule has 0 spiro atoms. The van der Waals surface area contributed by atoms with Gasteiger partial charge in [-0.1, -0.05) is 23.4 Å². The molecule has 0 saturated carbocycles. The lowest BCUT2D eigenvalue weighted by Gasteiger charge is -2.13. The van der Waals surface area contributed by atoms with Gasteiger partial charge in [0.05, 0.1) is 30.2 Å². The summed E-state index contributed by atoms with van der Waals surface area (Å²) in [6.07, 6.45) is 4.30. The first-order chi connectivity index (χ1) is 16.1. The first-order valence-corrected chi connectivity index (χ1v) is 11.8. The quantitative estimate of drug-likeness (QED) is 0.459. The van der Waals surface area contributed by atoms with E-state index in [0.717, 1.165) is 12.0 Å². The van der Waals surface area contributed by atoms with Crippen molar-refractivity contribution in [2.75, 3.05) is 17.9 Å². The molecule has 0 atom stereocenters. The minimum absolute atomic E-state index is 0.0817. The molecule has 5 rings (SSSR count). The minimum atomic E-state index is -3.87. The maximum Gasteiger partial charge on any atom is 0.262 e. The number of hydrogen-bond acceptors (Lipinski definition) is 8. The Balaban J connectivity index is 1.38. The second-order valence-corrected chi connectivity index (χ2v) is 9.03. The van der Waals surface area contributed by atoms with Crippen molar-refractivity contribution in [2.24, 2.45) is 0 Å². The molecule has 4 aromatic rings. The zero-order chi connectivity index (χ0) is 22.7. The standard InChI is InChI=1S/C23H20N4O5S/c28-33(29,18-8-9-20-21(14-18)31-12-4-11-30-20)27-19-7-2-1-5-16(19)13-22-25-23(26-32-22)17-6-3-10-24-15-17/h1-3,5-10,14-15,27H,4,11-13H2. The Morgan fingerprint density at radius 3 is 2.67 bits per heavy atom. The van der Waals surface area contributed by atoms with Crippen molar-refractivity contribution in [3.63, 3.8) is 0 Å². The average molecular weight is 465 g/mol.